The van der Waals surface area contributed by atoms with Gasteiger partial charge in [-0.1, -0.05) is 6.92 Å². The fourth-order valence-corrected chi connectivity index (χ4v) is 1.10. The number of oxazole rings is 1. The molecule has 0 aliphatic rings. The summed E-state index contributed by atoms with van der Waals surface area (Å²) in [5.41, 5.74) is 0.175. The first-order valence-electron chi connectivity index (χ1n) is 4.01. The summed E-state index contributed by atoms with van der Waals surface area (Å²) in [5, 5.41) is -0.0279. The second-order valence-corrected chi connectivity index (χ2v) is 2.64. The molecule has 0 spiro atoms. The normalized spacial score (nSPS) is 10.1. The summed E-state index contributed by atoms with van der Waals surface area (Å²) in [6, 6.07) is 0. The van der Waals surface area contributed by atoms with Crippen LogP contribution in [-0.2, 0) is 11.2 Å². The topological polar surface area (TPSA) is 52.3 Å². The molecule has 0 radical (unpaired) electrons. The Hall–Kier alpha value is -1.03. The molecular weight excluding hydrogens is 194 g/mol. The highest BCUT2D eigenvalue weighted by atomic mass is 35.5. The number of carbonyl (C=O) groups excluding carboxylic acids is 1. The number of esters is 1. The van der Waals surface area contributed by atoms with Gasteiger partial charge >= 0.3 is 5.97 Å². The maximum absolute atomic E-state index is 11.2. The monoisotopic (exact) mass is 203 g/mol. The van der Waals surface area contributed by atoms with E-state index in [9.17, 15) is 4.79 Å². The Morgan fingerprint density at radius 3 is 2.85 bits per heavy atom. The van der Waals surface area contributed by atoms with Gasteiger partial charge in [-0.15, -0.1) is 0 Å². The highest BCUT2D eigenvalue weighted by Crippen LogP contribution is 2.16. The number of aryl methyl sites for hydroxylation is 1. The summed E-state index contributed by atoms with van der Waals surface area (Å²) in [6.07, 6.45) is 0.563. The van der Waals surface area contributed by atoms with E-state index in [0.29, 0.717) is 18.8 Å². The number of halogens is 1. The molecule has 72 valence electrons. The number of nitrogens with zero attached hydrogens (tertiary/aromatic N) is 1. The SMILES string of the molecule is CCOC(=O)c1nc(Cl)oc1CC. The second-order valence-electron chi connectivity index (χ2n) is 2.31. The van der Waals surface area contributed by atoms with Crippen molar-refractivity contribution in [2.45, 2.75) is 20.3 Å². The predicted octanol–water partition coefficient (Wildman–Crippen LogP) is 2.07. The third-order valence-electron chi connectivity index (χ3n) is 1.46. The maximum Gasteiger partial charge on any atom is 0.360 e. The Morgan fingerprint density at radius 2 is 2.31 bits per heavy atom. The first-order valence-corrected chi connectivity index (χ1v) is 4.39. The lowest BCUT2D eigenvalue weighted by Crippen LogP contribution is -2.07. The Morgan fingerprint density at radius 1 is 1.62 bits per heavy atom. The van der Waals surface area contributed by atoms with E-state index in [1.54, 1.807) is 6.92 Å². The molecule has 1 aromatic heterocycles. The van der Waals surface area contributed by atoms with Crippen molar-refractivity contribution in [1.29, 1.82) is 0 Å². The Balaban J connectivity index is 2.91. The van der Waals surface area contributed by atoms with Crippen LogP contribution in [0.1, 0.15) is 30.1 Å². The zero-order chi connectivity index (χ0) is 9.84. The fourth-order valence-electron chi connectivity index (χ4n) is 0.922. The smallest absolute Gasteiger partial charge is 0.360 e. The van der Waals surface area contributed by atoms with Crippen LogP contribution >= 0.6 is 11.6 Å². The lowest BCUT2D eigenvalue weighted by molar-refractivity contribution is 0.0518. The summed E-state index contributed by atoms with van der Waals surface area (Å²) >= 11 is 5.50. The van der Waals surface area contributed by atoms with Crippen molar-refractivity contribution >= 4 is 17.6 Å². The zero-order valence-electron chi connectivity index (χ0n) is 7.46. The van der Waals surface area contributed by atoms with Crippen molar-refractivity contribution in [3.63, 3.8) is 0 Å². The highest BCUT2D eigenvalue weighted by molar-refractivity contribution is 6.27. The van der Waals surface area contributed by atoms with Gasteiger partial charge in [0, 0.05) is 6.42 Å². The van der Waals surface area contributed by atoms with Crippen molar-refractivity contribution in [2.24, 2.45) is 0 Å². The zero-order valence-corrected chi connectivity index (χ0v) is 8.22. The van der Waals surface area contributed by atoms with Gasteiger partial charge in [0.15, 0.2) is 5.69 Å². The van der Waals surface area contributed by atoms with Gasteiger partial charge in [-0.25, -0.2) is 4.79 Å². The molecule has 0 fully saturated rings. The number of rotatable bonds is 3. The van der Waals surface area contributed by atoms with Crippen LogP contribution in [0.5, 0.6) is 0 Å². The van der Waals surface area contributed by atoms with E-state index in [0.717, 1.165) is 0 Å². The third-order valence-corrected chi connectivity index (χ3v) is 1.62. The van der Waals surface area contributed by atoms with E-state index in [4.69, 9.17) is 20.8 Å². The number of hydrogen-bond acceptors (Lipinski definition) is 4. The van der Waals surface area contributed by atoms with Crippen molar-refractivity contribution in [2.75, 3.05) is 6.61 Å². The Bertz CT molecular complexity index is 308. The molecule has 4 nitrogen and oxygen atoms in total. The molecule has 1 rings (SSSR count). The summed E-state index contributed by atoms with van der Waals surface area (Å²) in [5.74, 6) is -0.0292. The van der Waals surface area contributed by atoms with Crippen molar-refractivity contribution < 1.29 is 13.9 Å². The number of aromatic nitrogens is 1. The molecule has 0 aliphatic carbocycles. The van der Waals surface area contributed by atoms with E-state index in [1.165, 1.54) is 0 Å². The number of hydrogen-bond donors (Lipinski definition) is 0. The van der Waals surface area contributed by atoms with Crippen molar-refractivity contribution in [3.05, 3.63) is 16.8 Å². The molecule has 0 saturated carbocycles. The van der Waals surface area contributed by atoms with Crippen LogP contribution in [0.15, 0.2) is 4.42 Å². The molecule has 0 aliphatic heterocycles. The molecule has 0 amide bonds. The molecule has 1 heterocycles. The first-order chi connectivity index (χ1) is 6.19. The molecule has 0 atom stereocenters. The average Bonchev–Trinajstić information content (AvgIpc) is 2.47. The quantitative estimate of drug-likeness (QED) is 0.706. The Kier molecular flexibility index (Phi) is 3.31. The summed E-state index contributed by atoms with van der Waals surface area (Å²) < 4.78 is 9.75. The minimum absolute atomic E-state index is 0.0279. The summed E-state index contributed by atoms with van der Waals surface area (Å²) in [4.78, 5) is 15.0. The van der Waals surface area contributed by atoms with Gasteiger partial charge in [0.1, 0.15) is 5.76 Å². The maximum atomic E-state index is 11.2. The van der Waals surface area contributed by atoms with Crippen LogP contribution in [0.3, 0.4) is 0 Å². The van der Waals surface area contributed by atoms with E-state index >= 15 is 0 Å². The van der Waals surface area contributed by atoms with Gasteiger partial charge in [-0.3, -0.25) is 0 Å². The van der Waals surface area contributed by atoms with Gasteiger partial charge in [-0.05, 0) is 18.5 Å². The van der Waals surface area contributed by atoms with Gasteiger partial charge in [-0.2, -0.15) is 4.98 Å². The van der Waals surface area contributed by atoms with Gasteiger partial charge in [0.05, 0.1) is 6.61 Å². The lowest BCUT2D eigenvalue weighted by Gasteiger charge is -1.97. The molecule has 0 N–H and O–H groups in total. The van der Waals surface area contributed by atoms with E-state index in [1.807, 2.05) is 6.92 Å². The van der Waals surface area contributed by atoms with Crippen LogP contribution in [0, 0.1) is 0 Å². The summed E-state index contributed by atoms with van der Waals surface area (Å²) in [6.45, 7) is 3.89. The number of carbonyl (C=O) groups is 1. The average molecular weight is 204 g/mol. The fraction of sp³-hybridized carbons (Fsp3) is 0.500. The molecule has 0 saturated heterocycles. The van der Waals surface area contributed by atoms with Gasteiger partial charge in [0.25, 0.3) is 5.35 Å². The van der Waals surface area contributed by atoms with Gasteiger partial charge in [0.2, 0.25) is 0 Å². The summed E-state index contributed by atoms with van der Waals surface area (Å²) in [7, 11) is 0. The minimum atomic E-state index is -0.491. The first kappa shape index (κ1) is 10.1. The van der Waals surface area contributed by atoms with Crippen LogP contribution in [-0.4, -0.2) is 17.6 Å². The van der Waals surface area contributed by atoms with Crippen molar-refractivity contribution in [3.8, 4) is 0 Å². The Labute approximate surface area is 80.8 Å². The molecule has 13 heavy (non-hydrogen) atoms. The van der Waals surface area contributed by atoms with E-state index in [-0.39, 0.29) is 11.0 Å². The standard InChI is InChI=1S/C8H10ClNO3/c1-3-5-6(7(11)12-4-2)10-8(9)13-5/h3-4H2,1-2H3. The largest absolute Gasteiger partial charge is 0.461 e. The van der Waals surface area contributed by atoms with Crippen LogP contribution in [0.4, 0.5) is 0 Å². The molecule has 0 bridgehead atoms. The third kappa shape index (κ3) is 2.21. The highest BCUT2D eigenvalue weighted by Gasteiger charge is 2.18. The second kappa shape index (κ2) is 4.28. The molecular formula is C8H10ClNO3. The minimum Gasteiger partial charge on any atom is -0.461 e. The number of ether oxygens (including phenoxy) is 1. The van der Waals surface area contributed by atoms with Crippen LogP contribution in [0.2, 0.25) is 5.35 Å². The van der Waals surface area contributed by atoms with Crippen molar-refractivity contribution in [1.82, 2.24) is 4.98 Å². The molecule has 0 unspecified atom stereocenters. The molecule has 5 heteroatoms. The van der Waals surface area contributed by atoms with Crippen LogP contribution < -0.4 is 0 Å². The van der Waals surface area contributed by atoms with E-state index in [2.05, 4.69) is 4.98 Å². The van der Waals surface area contributed by atoms with Gasteiger partial charge < -0.3 is 9.15 Å². The molecule has 1 aromatic rings. The van der Waals surface area contributed by atoms with Crippen LogP contribution in [0.25, 0.3) is 0 Å². The lowest BCUT2D eigenvalue weighted by atomic mass is 10.3. The van der Waals surface area contributed by atoms with E-state index < -0.39 is 5.97 Å². The predicted molar refractivity (Wildman–Crippen MR) is 46.8 cm³/mol. The molecule has 0 aromatic carbocycles.